The number of pyridine rings is 2. The Bertz CT molecular complexity index is 1790. The van der Waals surface area contributed by atoms with E-state index in [2.05, 4.69) is 31.7 Å². The number of nitriles is 1. The molecule has 0 aliphatic heterocycles. The minimum absolute atomic E-state index is 0.306. The monoisotopic (exact) mass is 550 g/mol. The number of carbonyl (C=O) groups excluding carboxylic acids is 2. The van der Waals surface area contributed by atoms with Crippen LogP contribution in [-0.2, 0) is 4.79 Å². The number of ether oxygens (including phenoxy) is 1. The van der Waals surface area contributed by atoms with Crippen molar-refractivity contribution in [1.82, 2.24) is 15.0 Å². The highest BCUT2D eigenvalue weighted by Gasteiger charge is 2.19. The summed E-state index contributed by atoms with van der Waals surface area (Å²) in [6, 6.07) is 19.7. The van der Waals surface area contributed by atoms with Gasteiger partial charge in [-0.05, 0) is 55.5 Å². The Kier molecular flexibility index (Phi) is 7.46. The van der Waals surface area contributed by atoms with Crippen LogP contribution < -0.4 is 15.4 Å². The molecule has 5 aromatic rings. The van der Waals surface area contributed by atoms with Crippen LogP contribution in [0, 0.1) is 18.3 Å². The summed E-state index contributed by atoms with van der Waals surface area (Å²) in [6.07, 6.45) is 1.49. The van der Waals surface area contributed by atoms with E-state index in [0.29, 0.717) is 60.6 Å². The van der Waals surface area contributed by atoms with Gasteiger partial charge in [-0.15, -0.1) is 0 Å². The third-order valence-corrected chi connectivity index (χ3v) is 6.87. The molecule has 0 unspecified atom stereocenters. The van der Waals surface area contributed by atoms with Gasteiger partial charge < -0.3 is 15.2 Å². The molecule has 0 aliphatic carbocycles. The van der Waals surface area contributed by atoms with Gasteiger partial charge in [0.2, 0.25) is 5.91 Å². The van der Waals surface area contributed by atoms with Gasteiger partial charge in [-0.25, -0.2) is 9.97 Å². The average Bonchev–Trinajstić information content (AvgIpc) is 3.38. The summed E-state index contributed by atoms with van der Waals surface area (Å²) in [5.74, 6) is -0.374. The third kappa shape index (κ3) is 5.49. The summed E-state index contributed by atoms with van der Waals surface area (Å²) in [7, 11) is 1.53. The number of nitrogens with zero attached hydrogens (tertiary/aromatic N) is 4. The van der Waals surface area contributed by atoms with Crippen LogP contribution in [0.15, 0.2) is 66.9 Å². The second kappa shape index (κ2) is 11.3. The van der Waals surface area contributed by atoms with Crippen molar-refractivity contribution in [2.45, 2.75) is 6.92 Å². The lowest BCUT2D eigenvalue weighted by molar-refractivity contribution is -0.118. The topological polar surface area (TPSA) is 150 Å². The molecule has 0 radical (unpaired) electrons. The minimum atomic E-state index is -0.589. The molecule has 0 saturated heterocycles. The first-order valence-electron chi connectivity index (χ1n) is 12.0. The zero-order valence-electron chi connectivity index (χ0n) is 21.4. The molecule has 0 fully saturated rings. The van der Waals surface area contributed by atoms with Crippen molar-refractivity contribution >= 4 is 44.3 Å². The Morgan fingerprint density at radius 2 is 1.82 bits per heavy atom. The summed E-state index contributed by atoms with van der Waals surface area (Å²) in [6.45, 7) is 1.23. The molecule has 3 heterocycles. The van der Waals surface area contributed by atoms with E-state index in [1.54, 1.807) is 36.4 Å². The predicted molar refractivity (Wildman–Crippen MR) is 152 cm³/mol. The fourth-order valence-electron chi connectivity index (χ4n) is 4.07. The maximum absolute atomic E-state index is 13.4. The molecular formula is C29H22N6O4S. The Balaban J connectivity index is 1.42. The molecular weight excluding hydrogens is 528 g/mol. The highest BCUT2D eigenvalue weighted by molar-refractivity contribution is 7.22. The van der Waals surface area contributed by atoms with Crippen molar-refractivity contribution < 1.29 is 19.4 Å². The van der Waals surface area contributed by atoms with Crippen molar-refractivity contribution in [2.75, 3.05) is 24.4 Å². The first kappa shape index (κ1) is 26.4. The van der Waals surface area contributed by atoms with Crippen LogP contribution in [0.4, 0.5) is 10.8 Å². The predicted octanol–water partition coefficient (Wildman–Crippen LogP) is 4.79. The van der Waals surface area contributed by atoms with E-state index in [0.717, 1.165) is 5.56 Å². The fourth-order valence-corrected chi connectivity index (χ4v) is 4.91. The number of hydrogen-bond acceptors (Lipinski definition) is 9. The Hall–Kier alpha value is -5.18. The minimum Gasteiger partial charge on any atom is -0.496 e. The van der Waals surface area contributed by atoms with Gasteiger partial charge in [0.05, 0.1) is 30.0 Å². The van der Waals surface area contributed by atoms with E-state index in [-0.39, 0.29) is 0 Å². The molecule has 0 spiro atoms. The van der Waals surface area contributed by atoms with E-state index >= 15 is 0 Å². The summed E-state index contributed by atoms with van der Waals surface area (Å²) in [5.41, 5.74) is 5.35. The molecule has 5 rings (SSSR count). The van der Waals surface area contributed by atoms with Crippen molar-refractivity contribution in [1.29, 1.82) is 5.26 Å². The highest BCUT2D eigenvalue weighted by atomic mass is 32.1. The zero-order chi connectivity index (χ0) is 28.2. The number of aromatic nitrogens is 3. The lowest BCUT2D eigenvalue weighted by atomic mass is 9.97. The number of benzene rings is 2. The largest absolute Gasteiger partial charge is 0.496 e. The number of thiazole rings is 1. The van der Waals surface area contributed by atoms with E-state index in [1.807, 2.05) is 31.2 Å². The van der Waals surface area contributed by atoms with Gasteiger partial charge in [-0.1, -0.05) is 23.5 Å². The van der Waals surface area contributed by atoms with Crippen LogP contribution in [0.1, 0.15) is 21.6 Å². The maximum Gasteiger partial charge on any atom is 0.259 e. The number of aryl methyl sites for hydroxylation is 1. The number of aliphatic hydroxyl groups excluding tert-OH is 1. The molecule has 0 bridgehead atoms. The average molecular weight is 551 g/mol. The standard InChI is InChI=1S/C29H22N6O4S/c1-16-11-20(21-12-17(13-30)3-10-25(21)39-2)22(14-31-16)27(38)35-29-34-24-9-8-23(33-28(24)40-29)18-4-6-19(7-5-18)32-26(37)15-36/h3-12,14,36H,15H2,1-2H3,(H,32,37)(H,34,35,38). The molecule has 0 atom stereocenters. The first-order valence-corrected chi connectivity index (χ1v) is 12.9. The van der Waals surface area contributed by atoms with Crippen molar-refractivity contribution in [3.8, 4) is 34.2 Å². The van der Waals surface area contributed by atoms with Gasteiger partial charge in [-0.2, -0.15) is 5.26 Å². The van der Waals surface area contributed by atoms with Crippen molar-refractivity contribution in [2.24, 2.45) is 0 Å². The SMILES string of the molecule is COc1ccc(C#N)cc1-c1cc(C)ncc1C(=O)Nc1nc2ccc(-c3ccc(NC(=O)CO)cc3)nc2s1. The van der Waals surface area contributed by atoms with Crippen LogP contribution in [0.3, 0.4) is 0 Å². The summed E-state index contributed by atoms with van der Waals surface area (Å²) in [5, 5.41) is 24.1. The molecule has 198 valence electrons. The van der Waals surface area contributed by atoms with Gasteiger partial charge in [0.15, 0.2) is 5.13 Å². The summed E-state index contributed by atoms with van der Waals surface area (Å²) in [4.78, 5) is 38.9. The molecule has 40 heavy (non-hydrogen) atoms. The van der Waals surface area contributed by atoms with Gasteiger partial charge in [0.25, 0.3) is 5.91 Å². The zero-order valence-corrected chi connectivity index (χ0v) is 22.2. The van der Waals surface area contributed by atoms with Gasteiger partial charge in [0, 0.05) is 34.3 Å². The molecule has 3 aromatic heterocycles. The molecule has 0 aliphatic rings. The number of aliphatic hydroxyl groups is 1. The molecule has 2 amide bonds. The first-order chi connectivity index (χ1) is 19.4. The van der Waals surface area contributed by atoms with E-state index in [9.17, 15) is 14.9 Å². The Morgan fingerprint density at radius 3 is 2.55 bits per heavy atom. The van der Waals surface area contributed by atoms with Crippen LogP contribution in [0.25, 0.3) is 32.7 Å². The fraction of sp³-hybridized carbons (Fsp3) is 0.103. The van der Waals surface area contributed by atoms with Gasteiger partial charge in [0.1, 0.15) is 22.7 Å². The second-order valence-electron chi connectivity index (χ2n) is 8.68. The normalized spacial score (nSPS) is 10.7. The number of amides is 2. The van der Waals surface area contributed by atoms with Crippen LogP contribution in [-0.4, -0.2) is 45.6 Å². The van der Waals surface area contributed by atoms with Crippen LogP contribution in [0.2, 0.25) is 0 Å². The molecule has 3 N–H and O–H groups in total. The summed E-state index contributed by atoms with van der Waals surface area (Å²) >= 11 is 1.24. The maximum atomic E-state index is 13.4. The second-order valence-corrected chi connectivity index (χ2v) is 9.65. The van der Waals surface area contributed by atoms with Crippen LogP contribution >= 0.6 is 11.3 Å². The number of hydrogen-bond donors (Lipinski definition) is 3. The van der Waals surface area contributed by atoms with E-state index < -0.39 is 18.4 Å². The number of fused-ring (bicyclic) bond motifs is 1. The van der Waals surface area contributed by atoms with Crippen LogP contribution in [0.5, 0.6) is 5.75 Å². The number of anilines is 2. The molecule has 10 nitrogen and oxygen atoms in total. The Morgan fingerprint density at radius 1 is 1.02 bits per heavy atom. The Labute approximate surface area is 232 Å². The van der Waals surface area contributed by atoms with Gasteiger partial charge in [-0.3, -0.25) is 19.9 Å². The number of carbonyl (C=O) groups is 2. The van der Waals surface area contributed by atoms with Crippen molar-refractivity contribution in [3.05, 3.63) is 83.7 Å². The van der Waals surface area contributed by atoms with Gasteiger partial charge >= 0.3 is 0 Å². The number of methoxy groups -OCH3 is 1. The number of nitrogens with one attached hydrogen (secondary N) is 2. The lowest BCUT2D eigenvalue weighted by Crippen LogP contribution is -2.15. The van der Waals surface area contributed by atoms with Crippen molar-refractivity contribution in [3.63, 3.8) is 0 Å². The summed E-state index contributed by atoms with van der Waals surface area (Å²) < 4.78 is 5.50. The van der Waals surface area contributed by atoms with E-state index in [4.69, 9.17) is 9.84 Å². The molecule has 2 aromatic carbocycles. The highest BCUT2D eigenvalue weighted by Crippen LogP contribution is 2.34. The third-order valence-electron chi connectivity index (χ3n) is 5.99. The molecule has 0 saturated carbocycles. The quantitative estimate of drug-likeness (QED) is 0.262. The smallest absolute Gasteiger partial charge is 0.259 e. The van der Waals surface area contributed by atoms with E-state index in [1.165, 1.54) is 24.6 Å². The lowest BCUT2D eigenvalue weighted by Gasteiger charge is -2.13. The number of rotatable bonds is 7. The molecule has 11 heteroatoms.